The number of hydrogen-bond donors (Lipinski definition) is 0. The van der Waals surface area contributed by atoms with E-state index in [1.54, 1.807) is 17.5 Å². The zero-order chi connectivity index (χ0) is 14.8. The summed E-state index contributed by atoms with van der Waals surface area (Å²) in [4.78, 5) is 5.88. The number of benzene rings is 1. The largest absolute Gasteiger partial charge is 0.258 e. The molecule has 3 heterocycles. The van der Waals surface area contributed by atoms with Crippen LogP contribution < -0.4 is 0 Å². The quantitative estimate of drug-likeness (QED) is 0.409. The Hall–Kier alpha value is -2.21. The molecule has 115 valence electrons. The minimum atomic E-state index is 0. The van der Waals surface area contributed by atoms with E-state index in [-0.39, 0.29) is 20.1 Å². The first-order valence-corrected chi connectivity index (χ1v) is 7.55. The fourth-order valence-electron chi connectivity index (χ4n) is 2.09. The smallest absolute Gasteiger partial charge is 0.139 e. The molecule has 0 unspecified atom stereocenters. The van der Waals surface area contributed by atoms with Crippen LogP contribution in [0.1, 0.15) is 0 Å². The van der Waals surface area contributed by atoms with Crippen molar-refractivity contribution in [1.82, 2.24) is 25.2 Å². The second kappa shape index (κ2) is 6.91. The van der Waals surface area contributed by atoms with Crippen LogP contribution in [-0.4, -0.2) is 25.2 Å². The predicted octanol–water partition coefficient (Wildman–Crippen LogP) is 3.25. The van der Waals surface area contributed by atoms with Crippen molar-refractivity contribution in [2.24, 2.45) is 0 Å². The maximum atomic E-state index is 4.41. The van der Waals surface area contributed by atoms with Gasteiger partial charge in [-0.2, -0.15) is 10.2 Å². The molecule has 1 radical (unpaired) electrons. The van der Waals surface area contributed by atoms with E-state index in [0.717, 1.165) is 21.8 Å². The van der Waals surface area contributed by atoms with Crippen molar-refractivity contribution < 1.29 is 20.1 Å². The molecular weight excluding hydrogens is 486 g/mol. The Labute approximate surface area is 150 Å². The molecule has 0 aliphatic rings. The molecule has 1 aromatic carbocycles. The van der Waals surface area contributed by atoms with Crippen LogP contribution in [0.4, 0.5) is 0 Å². The third-order valence-corrected chi connectivity index (χ3v) is 3.95. The summed E-state index contributed by atoms with van der Waals surface area (Å²) >= 11 is 1.56. The summed E-state index contributed by atoms with van der Waals surface area (Å²) in [6.45, 7) is 0. The van der Waals surface area contributed by atoms with Crippen molar-refractivity contribution >= 4 is 11.3 Å². The average molecular weight is 497 g/mol. The molecule has 0 fully saturated rings. The third kappa shape index (κ3) is 3.27. The Kier molecular flexibility index (Phi) is 4.71. The van der Waals surface area contributed by atoms with Gasteiger partial charge in [-0.1, -0.05) is 16.8 Å². The normalized spacial score (nSPS) is 10.3. The Morgan fingerprint density at radius 3 is 2.83 bits per heavy atom. The monoisotopic (exact) mass is 497 g/mol. The average Bonchev–Trinajstić information content (AvgIpc) is 3.27. The summed E-state index contributed by atoms with van der Waals surface area (Å²) in [5.41, 5.74) is 2.70. The minimum Gasteiger partial charge on any atom is -0.258 e. The number of rotatable bonds is 3. The van der Waals surface area contributed by atoms with Gasteiger partial charge in [0, 0.05) is 26.3 Å². The Balaban J connectivity index is 0.00000156. The van der Waals surface area contributed by atoms with Crippen LogP contribution in [0, 0.1) is 6.07 Å². The summed E-state index contributed by atoms with van der Waals surface area (Å²) in [7, 11) is 0. The number of aromatic nitrogens is 5. The molecule has 0 saturated heterocycles. The van der Waals surface area contributed by atoms with Crippen LogP contribution in [0.5, 0.6) is 0 Å². The zero-order valence-electron chi connectivity index (χ0n) is 11.8. The molecule has 0 saturated carbocycles. The zero-order valence-corrected chi connectivity index (χ0v) is 15.0. The van der Waals surface area contributed by atoms with Crippen LogP contribution >= 0.6 is 11.3 Å². The molecule has 7 heteroatoms. The topological polar surface area (TPSA) is 56.5 Å². The van der Waals surface area contributed by atoms with E-state index in [9.17, 15) is 0 Å². The molecule has 0 spiro atoms. The van der Waals surface area contributed by atoms with Gasteiger partial charge in [-0.25, -0.2) is 0 Å². The standard InChI is InChI=1S/C16H10N5S.Ir/c1-2-9-17-14(7-1)12-5-3-6-13(11-12)16-18-20-21(19-16)15-8-4-10-22-15;/h1-5,7-11H;/q-1;. The Morgan fingerprint density at radius 2 is 2.04 bits per heavy atom. The van der Waals surface area contributed by atoms with Crippen molar-refractivity contribution in [2.75, 3.05) is 0 Å². The fraction of sp³-hybridized carbons (Fsp3) is 0. The molecule has 0 amide bonds. The van der Waals surface area contributed by atoms with Gasteiger partial charge in [-0.05, 0) is 29.6 Å². The van der Waals surface area contributed by atoms with Gasteiger partial charge in [0.1, 0.15) is 10.8 Å². The van der Waals surface area contributed by atoms with Gasteiger partial charge in [-0.15, -0.1) is 46.0 Å². The van der Waals surface area contributed by atoms with E-state index >= 15 is 0 Å². The first kappa shape index (κ1) is 15.7. The molecule has 23 heavy (non-hydrogen) atoms. The number of pyridine rings is 1. The van der Waals surface area contributed by atoms with Crippen molar-refractivity contribution in [1.29, 1.82) is 0 Å². The van der Waals surface area contributed by atoms with Crippen molar-refractivity contribution in [3.8, 4) is 27.6 Å². The van der Waals surface area contributed by atoms with Crippen LogP contribution in [-0.2, 0) is 20.1 Å². The van der Waals surface area contributed by atoms with E-state index in [2.05, 4.69) is 26.5 Å². The first-order valence-electron chi connectivity index (χ1n) is 6.67. The van der Waals surface area contributed by atoms with E-state index in [1.807, 2.05) is 53.9 Å². The molecule has 0 N–H and O–H groups in total. The van der Waals surface area contributed by atoms with E-state index in [1.165, 1.54) is 4.80 Å². The van der Waals surface area contributed by atoms with Gasteiger partial charge < -0.3 is 0 Å². The van der Waals surface area contributed by atoms with Gasteiger partial charge in [0.15, 0.2) is 0 Å². The van der Waals surface area contributed by atoms with Gasteiger partial charge in [0.05, 0.1) is 5.69 Å². The second-order valence-corrected chi connectivity index (χ2v) is 5.49. The number of tetrazole rings is 1. The van der Waals surface area contributed by atoms with Crippen LogP contribution in [0.2, 0.25) is 0 Å². The summed E-state index contributed by atoms with van der Waals surface area (Å²) in [6.07, 6.45) is 1.77. The summed E-state index contributed by atoms with van der Waals surface area (Å²) in [6, 6.07) is 18.7. The number of thiophene rings is 1. The Morgan fingerprint density at radius 1 is 1.09 bits per heavy atom. The SMILES string of the molecule is [Ir].[c-]1ccc(-c2ccccn2)cc1-c1nnn(-c2cccs2)n1. The van der Waals surface area contributed by atoms with Gasteiger partial charge in [-0.3, -0.25) is 4.98 Å². The summed E-state index contributed by atoms with van der Waals surface area (Å²) < 4.78 is 0. The molecule has 0 aliphatic heterocycles. The van der Waals surface area contributed by atoms with Crippen LogP contribution in [0.3, 0.4) is 0 Å². The van der Waals surface area contributed by atoms with Gasteiger partial charge >= 0.3 is 0 Å². The van der Waals surface area contributed by atoms with Crippen molar-refractivity contribution in [3.05, 3.63) is 66.2 Å². The van der Waals surface area contributed by atoms with E-state index in [4.69, 9.17) is 0 Å². The third-order valence-electron chi connectivity index (χ3n) is 3.12. The Bertz CT molecular complexity index is 890. The predicted molar refractivity (Wildman–Crippen MR) is 84.5 cm³/mol. The maximum Gasteiger partial charge on any atom is 0.139 e. The van der Waals surface area contributed by atoms with Crippen LogP contribution in [0.15, 0.2) is 60.1 Å². The molecular formula is C16H10IrN5S-. The van der Waals surface area contributed by atoms with Crippen molar-refractivity contribution in [2.45, 2.75) is 0 Å². The molecule has 3 aromatic heterocycles. The number of nitrogens with zero attached hydrogens (tertiary/aromatic N) is 5. The molecule has 5 nitrogen and oxygen atoms in total. The molecule has 4 aromatic rings. The maximum absolute atomic E-state index is 4.41. The van der Waals surface area contributed by atoms with Crippen LogP contribution in [0.25, 0.3) is 27.6 Å². The first-order chi connectivity index (χ1) is 10.9. The molecule has 0 atom stereocenters. The summed E-state index contributed by atoms with van der Waals surface area (Å²) in [5, 5.41) is 15.5. The van der Waals surface area contributed by atoms with Gasteiger partial charge in [0.2, 0.25) is 0 Å². The fourth-order valence-corrected chi connectivity index (χ4v) is 2.71. The van der Waals surface area contributed by atoms with E-state index < -0.39 is 0 Å². The molecule has 0 bridgehead atoms. The number of hydrogen-bond acceptors (Lipinski definition) is 5. The van der Waals surface area contributed by atoms with Crippen molar-refractivity contribution in [3.63, 3.8) is 0 Å². The van der Waals surface area contributed by atoms with Gasteiger partial charge in [0.25, 0.3) is 0 Å². The molecule has 4 rings (SSSR count). The molecule has 0 aliphatic carbocycles. The summed E-state index contributed by atoms with van der Waals surface area (Å²) in [5.74, 6) is 0.547. The van der Waals surface area contributed by atoms with E-state index in [0.29, 0.717) is 5.82 Å². The second-order valence-electron chi connectivity index (χ2n) is 4.56. The minimum absolute atomic E-state index is 0.